The Morgan fingerprint density at radius 2 is 1.79 bits per heavy atom. The Bertz CT molecular complexity index is 546. The minimum atomic E-state index is -0.306. The van der Waals surface area contributed by atoms with E-state index in [1.54, 1.807) is 0 Å². The van der Waals surface area contributed by atoms with Crippen molar-refractivity contribution in [3.05, 3.63) is 65.5 Å². The van der Waals surface area contributed by atoms with E-state index in [9.17, 15) is 4.39 Å². The first kappa shape index (κ1) is 15.3. The van der Waals surface area contributed by atoms with Crippen molar-refractivity contribution in [1.29, 1.82) is 5.26 Å². The number of nitrogens with zero attached hydrogens (tertiary/aromatic N) is 1. The summed E-state index contributed by atoms with van der Waals surface area (Å²) in [6.07, 6.45) is 0. The molecule has 0 N–H and O–H groups in total. The summed E-state index contributed by atoms with van der Waals surface area (Å²) in [5.74, 6) is 0.429. The fourth-order valence-corrected chi connectivity index (χ4v) is 2.42. The van der Waals surface area contributed by atoms with Crippen LogP contribution in [0.5, 0.6) is 0 Å². The topological polar surface area (TPSA) is 23.8 Å². The highest BCUT2D eigenvalue weighted by molar-refractivity contribution is 7.98. The number of hydrogen-bond donors (Lipinski definition) is 0. The molecule has 0 unspecified atom stereocenters. The molecule has 0 heterocycles. The van der Waals surface area contributed by atoms with Crippen molar-refractivity contribution in [1.82, 2.24) is 0 Å². The molecule has 0 aliphatic carbocycles. The number of rotatable bonds is 3. The Hall–Kier alpha value is -1.79. The first-order valence-electron chi connectivity index (χ1n) is 6.16. The van der Waals surface area contributed by atoms with Crippen LogP contribution in [0.1, 0.15) is 25.0 Å². The summed E-state index contributed by atoms with van der Waals surface area (Å²) in [6.45, 7) is 4.00. The largest absolute Gasteiger partial charge is 0.207 e. The van der Waals surface area contributed by atoms with Gasteiger partial charge >= 0.3 is 0 Å². The van der Waals surface area contributed by atoms with Crippen molar-refractivity contribution in [2.75, 3.05) is 0 Å². The van der Waals surface area contributed by atoms with E-state index < -0.39 is 0 Å². The van der Waals surface area contributed by atoms with E-state index >= 15 is 0 Å². The van der Waals surface area contributed by atoms with Gasteiger partial charge in [-0.25, -0.2) is 4.39 Å². The fraction of sp³-hybridized carbons (Fsp3) is 0.188. The highest BCUT2D eigenvalue weighted by atomic mass is 32.2. The van der Waals surface area contributed by atoms with Gasteiger partial charge in [-0.2, -0.15) is 5.26 Å². The SMILES string of the molecule is CC.N#Cc1ccc(F)cc1SCc1ccccc1. The molecule has 0 amide bonds. The average molecular weight is 273 g/mol. The highest BCUT2D eigenvalue weighted by Gasteiger charge is 2.04. The zero-order valence-corrected chi connectivity index (χ0v) is 11.9. The molecule has 0 fully saturated rings. The van der Waals surface area contributed by atoms with Crippen molar-refractivity contribution in [3.8, 4) is 6.07 Å². The molecule has 2 aromatic carbocycles. The Balaban J connectivity index is 0.000000861. The molecule has 0 atom stereocenters. The predicted molar refractivity (Wildman–Crippen MR) is 78.5 cm³/mol. The summed E-state index contributed by atoms with van der Waals surface area (Å²) >= 11 is 1.48. The summed E-state index contributed by atoms with van der Waals surface area (Å²) in [7, 11) is 0. The number of halogens is 1. The second-order valence-electron chi connectivity index (χ2n) is 3.53. The highest BCUT2D eigenvalue weighted by Crippen LogP contribution is 2.26. The van der Waals surface area contributed by atoms with Crippen molar-refractivity contribution in [2.45, 2.75) is 24.5 Å². The van der Waals surface area contributed by atoms with Gasteiger partial charge < -0.3 is 0 Å². The molecule has 98 valence electrons. The maximum absolute atomic E-state index is 13.1. The Labute approximate surface area is 118 Å². The van der Waals surface area contributed by atoms with Gasteiger partial charge in [0.25, 0.3) is 0 Å². The lowest BCUT2D eigenvalue weighted by atomic mass is 10.2. The van der Waals surface area contributed by atoms with Gasteiger partial charge in [0.2, 0.25) is 0 Å². The first-order valence-corrected chi connectivity index (χ1v) is 7.14. The molecule has 0 aromatic heterocycles. The standard InChI is InChI=1S/C14H10FNS.C2H6/c15-13-7-6-12(9-16)14(8-13)17-10-11-4-2-1-3-5-11;1-2/h1-8H,10H2;1-2H3. The van der Waals surface area contributed by atoms with Gasteiger partial charge in [0, 0.05) is 10.6 Å². The molecule has 3 heteroatoms. The van der Waals surface area contributed by atoms with Crippen LogP contribution in [-0.2, 0) is 5.75 Å². The molecule has 0 saturated heterocycles. The third-order valence-electron chi connectivity index (χ3n) is 2.30. The fourth-order valence-electron chi connectivity index (χ4n) is 1.44. The Kier molecular flexibility index (Phi) is 6.70. The van der Waals surface area contributed by atoms with Crippen molar-refractivity contribution in [2.24, 2.45) is 0 Å². The van der Waals surface area contributed by atoms with E-state index in [0.29, 0.717) is 10.5 Å². The molecule has 1 nitrogen and oxygen atoms in total. The molecule has 2 aromatic rings. The minimum Gasteiger partial charge on any atom is -0.207 e. The van der Waals surface area contributed by atoms with Crippen LogP contribution < -0.4 is 0 Å². The quantitative estimate of drug-likeness (QED) is 0.733. The van der Waals surface area contributed by atoms with Crippen LogP contribution >= 0.6 is 11.8 Å². The smallest absolute Gasteiger partial charge is 0.124 e. The van der Waals surface area contributed by atoms with Crippen molar-refractivity contribution in [3.63, 3.8) is 0 Å². The van der Waals surface area contributed by atoms with Gasteiger partial charge in [-0.1, -0.05) is 44.2 Å². The van der Waals surface area contributed by atoms with Gasteiger partial charge in [0.1, 0.15) is 11.9 Å². The van der Waals surface area contributed by atoms with Gasteiger partial charge in [-0.05, 0) is 23.8 Å². The molecular formula is C16H16FNS. The summed E-state index contributed by atoms with van der Waals surface area (Å²) in [5, 5.41) is 8.92. The molecule has 0 spiro atoms. The number of thioether (sulfide) groups is 1. The van der Waals surface area contributed by atoms with Gasteiger partial charge in [-0.3, -0.25) is 0 Å². The zero-order chi connectivity index (χ0) is 14.1. The zero-order valence-electron chi connectivity index (χ0n) is 11.1. The molecule has 2 rings (SSSR count). The van der Waals surface area contributed by atoms with E-state index in [1.807, 2.05) is 44.2 Å². The molecule has 0 radical (unpaired) electrons. The first-order chi connectivity index (χ1) is 9.29. The lowest BCUT2D eigenvalue weighted by Crippen LogP contribution is -1.85. The molecule has 0 aliphatic heterocycles. The van der Waals surface area contributed by atoms with Crippen LogP contribution in [-0.4, -0.2) is 0 Å². The monoisotopic (exact) mass is 273 g/mol. The Morgan fingerprint density at radius 1 is 1.11 bits per heavy atom. The van der Waals surface area contributed by atoms with Crippen molar-refractivity contribution < 1.29 is 4.39 Å². The van der Waals surface area contributed by atoms with E-state index in [1.165, 1.54) is 30.0 Å². The van der Waals surface area contributed by atoms with Gasteiger partial charge in [0.05, 0.1) is 5.56 Å². The predicted octanol–water partition coefficient (Wildman–Crippen LogP) is 5.02. The van der Waals surface area contributed by atoms with E-state index in [0.717, 1.165) is 11.3 Å². The summed E-state index contributed by atoms with van der Waals surface area (Å²) in [6, 6.07) is 16.2. The van der Waals surface area contributed by atoms with Gasteiger partial charge in [0.15, 0.2) is 0 Å². The van der Waals surface area contributed by atoms with E-state index in [2.05, 4.69) is 6.07 Å². The lowest BCUT2D eigenvalue weighted by Gasteiger charge is -2.04. The molecular weight excluding hydrogens is 257 g/mol. The molecule has 19 heavy (non-hydrogen) atoms. The van der Waals surface area contributed by atoms with Crippen LogP contribution in [0.15, 0.2) is 53.4 Å². The minimum absolute atomic E-state index is 0.306. The molecule has 0 bridgehead atoms. The number of nitriles is 1. The van der Waals surface area contributed by atoms with Crippen LogP contribution in [0, 0.1) is 17.1 Å². The Morgan fingerprint density at radius 3 is 2.42 bits per heavy atom. The molecule has 0 aliphatic rings. The lowest BCUT2D eigenvalue weighted by molar-refractivity contribution is 0.624. The summed E-state index contributed by atoms with van der Waals surface area (Å²) in [4.78, 5) is 0.691. The third kappa shape index (κ3) is 4.76. The van der Waals surface area contributed by atoms with Crippen LogP contribution in [0.4, 0.5) is 4.39 Å². The maximum atomic E-state index is 13.1. The van der Waals surface area contributed by atoms with Crippen LogP contribution in [0.25, 0.3) is 0 Å². The average Bonchev–Trinajstić information content (AvgIpc) is 2.48. The van der Waals surface area contributed by atoms with Crippen LogP contribution in [0.3, 0.4) is 0 Å². The maximum Gasteiger partial charge on any atom is 0.124 e. The van der Waals surface area contributed by atoms with Crippen molar-refractivity contribution >= 4 is 11.8 Å². The van der Waals surface area contributed by atoms with Gasteiger partial charge in [-0.15, -0.1) is 11.8 Å². The van der Waals surface area contributed by atoms with Crippen LogP contribution in [0.2, 0.25) is 0 Å². The summed E-state index contributed by atoms with van der Waals surface area (Å²) in [5.41, 5.74) is 1.68. The van der Waals surface area contributed by atoms with E-state index in [4.69, 9.17) is 5.26 Å². The normalized spacial score (nSPS) is 9.16. The number of benzene rings is 2. The van der Waals surface area contributed by atoms with E-state index in [-0.39, 0.29) is 5.82 Å². The second-order valence-corrected chi connectivity index (χ2v) is 4.54. The summed E-state index contributed by atoms with van der Waals surface area (Å²) < 4.78 is 13.1. The third-order valence-corrected chi connectivity index (χ3v) is 3.43. The number of hydrogen-bond acceptors (Lipinski definition) is 2. The second kappa shape index (κ2) is 8.34. The molecule has 0 saturated carbocycles.